The highest BCUT2D eigenvalue weighted by Crippen LogP contribution is 2.34. The standard InChI is InChI=1S/C16H24N2O2/c1-19-14-7-8-16(20-2)15(10-14)18-9-3-4-13(11-18)17-12-5-6-12/h7-8,10,12-13,17H,3-6,9,11H2,1-2H3. The van der Waals surface area contributed by atoms with Crippen molar-refractivity contribution < 1.29 is 9.47 Å². The molecule has 3 rings (SSSR count). The molecule has 2 aliphatic rings. The summed E-state index contributed by atoms with van der Waals surface area (Å²) in [4.78, 5) is 2.42. The summed E-state index contributed by atoms with van der Waals surface area (Å²) in [6.07, 6.45) is 5.20. The van der Waals surface area contributed by atoms with E-state index in [0.717, 1.165) is 36.3 Å². The fourth-order valence-corrected chi connectivity index (χ4v) is 2.96. The van der Waals surface area contributed by atoms with Crippen LogP contribution >= 0.6 is 0 Å². The number of nitrogens with one attached hydrogen (secondary N) is 1. The highest BCUT2D eigenvalue weighted by Gasteiger charge is 2.28. The quantitative estimate of drug-likeness (QED) is 0.895. The van der Waals surface area contributed by atoms with Gasteiger partial charge in [-0.15, -0.1) is 0 Å². The highest BCUT2D eigenvalue weighted by molar-refractivity contribution is 5.62. The van der Waals surface area contributed by atoms with Crippen molar-refractivity contribution in [2.75, 3.05) is 32.2 Å². The first-order valence-electron chi connectivity index (χ1n) is 7.53. The highest BCUT2D eigenvalue weighted by atomic mass is 16.5. The molecule has 0 spiro atoms. The van der Waals surface area contributed by atoms with Crippen LogP contribution in [0.1, 0.15) is 25.7 Å². The lowest BCUT2D eigenvalue weighted by Crippen LogP contribution is -2.46. The van der Waals surface area contributed by atoms with E-state index in [0.29, 0.717) is 6.04 Å². The van der Waals surface area contributed by atoms with Gasteiger partial charge in [-0.2, -0.15) is 0 Å². The zero-order valence-electron chi connectivity index (χ0n) is 12.4. The number of piperidine rings is 1. The van der Waals surface area contributed by atoms with Crippen molar-refractivity contribution in [1.82, 2.24) is 5.32 Å². The van der Waals surface area contributed by atoms with Crippen molar-refractivity contribution in [2.45, 2.75) is 37.8 Å². The van der Waals surface area contributed by atoms with Gasteiger partial charge < -0.3 is 19.7 Å². The predicted molar refractivity (Wildman–Crippen MR) is 80.9 cm³/mol. The van der Waals surface area contributed by atoms with Gasteiger partial charge in [0.1, 0.15) is 11.5 Å². The van der Waals surface area contributed by atoms with Gasteiger partial charge in [-0.25, -0.2) is 0 Å². The molecule has 1 saturated heterocycles. The molecular weight excluding hydrogens is 252 g/mol. The Kier molecular flexibility index (Phi) is 4.01. The third-order valence-corrected chi connectivity index (χ3v) is 4.20. The van der Waals surface area contributed by atoms with Gasteiger partial charge in [0.15, 0.2) is 0 Å². The first-order chi connectivity index (χ1) is 9.80. The summed E-state index contributed by atoms with van der Waals surface area (Å²) in [6, 6.07) is 7.40. The van der Waals surface area contributed by atoms with E-state index in [-0.39, 0.29) is 0 Å². The van der Waals surface area contributed by atoms with Crippen LogP contribution in [-0.4, -0.2) is 39.4 Å². The molecule has 1 aromatic carbocycles. The van der Waals surface area contributed by atoms with E-state index in [2.05, 4.69) is 16.3 Å². The minimum atomic E-state index is 0.604. The molecule has 0 aromatic heterocycles. The molecule has 1 unspecified atom stereocenters. The van der Waals surface area contributed by atoms with Gasteiger partial charge in [-0.1, -0.05) is 0 Å². The lowest BCUT2D eigenvalue weighted by atomic mass is 10.0. The Morgan fingerprint density at radius 2 is 1.95 bits per heavy atom. The molecule has 2 fully saturated rings. The van der Waals surface area contributed by atoms with Gasteiger partial charge in [0, 0.05) is 31.2 Å². The van der Waals surface area contributed by atoms with Crippen molar-refractivity contribution in [3.8, 4) is 11.5 Å². The molecule has 1 aliphatic carbocycles. The number of hydrogen-bond donors (Lipinski definition) is 1. The molecule has 1 N–H and O–H groups in total. The Hall–Kier alpha value is -1.42. The first kappa shape index (κ1) is 13.6. The summed E-state index contributed by atoms with van der Waals surface area (Å²) in [5.74, 6) is 1.82. The van der Waals surface area contributed by atoms with Crippen LogP contribution in [0.3, 0.4) is 0 Å². The Morgan fingerprint density at radius 1 is 1.10 bits per heavy atom. The van der Waals surface area contributed by atoms with Gasteiger partial charge in [-0.3, -0.25) is 0 Å². The normalized spacial score (nSPS) is 22.7. The van der Waals surface area contributed by atoms with Crippen LogP contribution in [0.2, 0.25) is 0 Å². The Morgan fingerprint density at radius 3 is 2.65 bits per heavy atom. The van der Waals surface area contributed by atoms with Crippen molar-refractivity contribution in [3.63, 3.8) is 0 Å². The largest absolute Gasteiger partial charge is 0.497 e. The second-order valence-corrected chi connectivity index (χ2v) is 5.76. The minimum Gasteiger partial charge on any atom is -0.497 e. The zero-order chi connectivity index (χ0) is 13.9. The third-order valence-electron chi connectivity index (χ3n) is 4.20. The van der Waals surface area contributed by atoms with Gasteiger partial charge >= 0.3 is 0 Å². The van der Waals surface area contributed by atoms with Crippen molar-refractivity contribution in [3.05, 3.63) is 18.2 Å². The molecule has 1 aromatic rings. The van der Waals surface area contributed by atoms with Crippen LogP contribution in [0.5, 0.6) is 11.5 Å². The fourth-order valence-electron chi connectivity index (χ4n) is 2.96. The molecule has 110 valence electrons. The van der Waals surface area contributed by atoms with E-state index in [4.69, 9.17) is 9.47 Å². The first-order valence-corrected chi connectivity index (χ1v) is 7.53. The second-order valence-electron chi connectivity index (χ2n) is 5.76. The molecule has 1 heterocycles. The van der Waals surface area contributed by atoms with Crippen LogP contribution in [0.4, 0.5) is 5.69 Å². The summed E-state index contributed by atoms with van der Waals surface area (Å²) in [5.41, 5.74) is 1.15. The summed E-state index contributed by atoms with van der Waals surface area (Å²) >= 11 is 0. The summed E-state index contributed by atoms with van der Waals surface area (Å²) in [6.45, 7) is 2.15. The maximum Gasteiger partial charge on any atom is 0.142 e. The number of methoxy groups -OCH3 is 2. The Bertz CT molecular complexity index is 460. The molecule has 20 heavy (non-hydrogen) atoms. The average Bonchev–Trinajstić information content (AvgIpc) is 3.31. The maximum absolute atomic E-state index is 5.51. The van der Waals surface area contributed by atoms with Gasteiger partial charge in [-0.05, 0) is 37.8 Å². The number of anilines is 1. The van der Waals surface area contributed by atoms with Gasteiger partial charge in [0.2, 0.25) is 0 Å². The Balaban J connectivity index is 1.75. The summed E-state index contributed by atoms with van der Waals surface area (Å²) in [7, 11) is 3.44. The average molecular weight is 276 g/mol. The van der Waals surface area contributed by atoms with Crippen molar-refractivity contribution in [2.24, 2.45) is 0 Å². The summed E-state index contributed by atoms with van der Waals surface area (Å²) in [5, 5.41) is 3.74. The van der Waals surface area contributed by atoms with Crippen LogP contribution in [0.25, 0.3) is 0 Å². The second kappa shape index (κ2) is 5.92. The topological polar surface area (TPSA) is 33.7 Å². The fraction of sp³-hybridized carbons (Fsp3) is 0.625. The van der Waals surface area contributed by atoms with Crippen molar-refractivity contribution >= 4 is 5.69 Å². The molecule has 4 nitrogen and oxygen atoms in total. The van der Waals surface area contributed by atoms with Crippen molar-refractivity contribution in [1.29, 1.82) is 0 Å². The van der Waals surface area contributed by atoms with Gasteiger partial charge in [0.05, 0.1) is 19.9 Å². The van der Waals surface area contributed by atoms with Crippen LogP contribution in [-0.2, 0) is 0 Å². The molecule has 1 atom stereocenters. The van der Waals surface area contributed by atoms with Crippen LogP contribution in [0, 0.1) is 0 Å². The number of nitrogens with zero attached hydrogens (tertiary/aromatic N) is 1. The van der Waals surface area contributed by atoms with E-state index >= 15 is 0 Å². The van der Waals surface area contributed by atoms with Gasteiger partial charge in [0.25, 0.3) is 0 Å². The molecule has 0 bridgehead atoms. The SMILES string of the molecule is COc1ccc(OC)c(N2CCCC(NC3CC3)C2)c1. The number of hydrogen-bond acceptors (Lipinski definition) is 4. The predicted octanol–water partition coefficient (Wildman–Crippen LogP) is 2.42. The van der Waals surface area contributed by atoms with Crippen LogP contribution < -0.4 is 19.7 Å². The number of benzene rings is 1. The lowest BCUT2D eigenvalue weighted by molar-refractivity contribution is 0.392. The number of ether oxygens (including phenoxy) is 2. The molecule has 0 radical (unpaired) electrons. The lowest BCUT2D eigenvalue weighted by Gasteiger charge is -2.35. The zero-order valence-corrected chi connectivity index (χ0v) is 12.4. The van der Waals surface area contributed by atoms with E-state index < -0.39 is 0 Å². The molecule has 0 amide bonds. The minimum absolute atomic E-state index is 0.604. The third kappa shape index (κ3) is 3.01. The number of rotatable bonds is 5. The van der Waals surface area contributed by atoms with Crippen LogP contribution in [0.15, 0.2) is 18.2 Å². The molecule has 1 aliphatic heterocycles. The van der Waals surface area contributed by atoms with E-state index in [9.17, 15) is 0 Å². The monoisotopic (exact) mass is 276 g/mol. The van der Waals surface area contributed by atoms with E-state index in [1.807, 2.05) is 12.1 Å². The maximum atomic E-state index is 5.51. The van der Waals surface area contributed by atoms with E-state index in [1.54, 1.807) is 14.2 Å². The Labute approximate surface area is 121 Å². The molecule has 1 saturated carbocycles. The molecular formula is C16H24N2O2. The molecule has 4 heteroatoms. The smallest absolute Gasteiger partial charge is 0.142 e. The van der Waals surface area contributed by atoms with E-state index in [1.165, 1.54) is 25.7 Å². The summed E-state index contributed by atoms with van der Waals surface area (Å²) < 4.78 is 10.9.